The Kier molecular flexibility index (Phi) is 7.38. The van der Waals surface area contributed by atoms with Crippen LogP contribution in [0.25, 0.3) is 0 Å². The maximum absolute atomic E-state index is 5.28. The number of hydrogen-bond donors (Lipinski definition) is 0. The number of rotatable bonds is 8. The summed E-state index contributed by atoms with van der Waals surface area (Å²) in [5.41, 5.74) is 3.45. The predicted molar refractivity (Wildman–Crippen MR) is 126 cm³/mol. The molecule has 30 heavy (non-hydrogen) atoms. The fourth-order valence-electron chi connectivity index (χ4n) is 5.63. The van der Waals surface area contributed by atoms with E-state index < -0.39 is 0 Å². The summed E-state index contributed by atoms with van der Waals surface area (Å²) in [6.45, 7) is 12.5. The molecule has 3 fully saturated rings. The Morgan fingerprint density at radius 1 is 1.00 bits per heavy atom. The van der Waals surface area contributed by atoms with Gasteiger partial charge in [0.25, 0.3) is 0 Å². The van der Waals surface area contributed by atoms with Crippen LogP contribution in [-0.2, 0) is 11.3 Å². The molecule has 2 heterocycles. The van der Waals surface area contributed by atoms with Crippen LogP contribution in [0.3, 0.4) is 0 Å². The first kappa shape index (κ1) is 22.1. The minimum Gasteiger partial charge on any atom is -0.383 e. The van der Waals surface area contributed by atoms with Gasteiger partial charge < -0.3 is 14.5 Å². The van der Waals surface area contributed by atoms with Gasteiger partial charge in [-0.3, -0.25) is 4.90 Å². The van der Waals surface area contributed by atoms with Crippen LogP contribution in [0.4, 0.5) is 5.69 Å². The Hall–Kier alpha value is -1.10. The highest BCUT2D eigenvalue weighted by Crippen LogP contribution is 2.43. The van der Waals surface area contributed by atoms with Gasteiger partial charge >= 0.3 is 0 Å². The molecule has 1 aromatic carbocycles. The third-order valence-corrected chi connectivity index (χ3v) is 8.27. The highest BCUT2D eigenvalue weighted by atomic mass is 16.5. The number of hydrogen-bond acceptors (Lipinski definition) is 4. The molecule has 0 N–H and O–H groups in total. The standard InChI is InChI=1S/C26H43N3O/c1-22(2)29(19-20-30-3)21-23-7-9-25(10-8-23)28-17-13-26(14-18-28)11-15-27(16-12-26)24-5-4-6-24/h7-10,22,24H,4-6,11-21H2,1-3H3. The molecule has 168 valence electrons. The lowest BCUT2D eigenvalue weighted by Gasteiger charge is -2.50. The van der Waals surface area contributed by atoms with Crippen molar-refractivity contribution in [3.63, 3.8) is 0 Å². The van der Waals surface area contributed by atoms with Crippen molar-refractivity contribution in [2.24, 2.45) is 5.41 Å². The molecule has 1 aromatic rings. The van der Waals surface area contributed by atoms with E-state index in [-0.39, 0.29) is 0 Å². The van der Waals surface area contributed by atoms with Crippen LogP contribution in [0, 0.1) is 5.41 Å². The third-order valence-electron chi connectivity index (χ3n) is 8.27. The molecular formula is C26H43N3O. The number of ether oxygens (including phenoxy) is 1. The molecule has 1 aliphatic carbocycles. The third kappa shape index (κ3) is 5.20. The molecule has 2 saturated heterocycles. The highest BCUT2D eigenvalue weighted by molar-refractivity contribution is 5.48. The van der Waals surface area contributed by atoms with Gasteiger partial charge in [-0.25, -0.2) is 0 Å². The molecular weight excluding hydrogens is 370 g/mol. The summed E-state index contributed by atoms with van der Waals surface area (Å²) in [7, 11) is 1.79. The lowest BCUT2D eigenvalue weighted by Crippen LogP contribution is -2.50. The van der Waals surface area contributed by atoms with E-state index in [0.717, 1.165) is 25.7 Å². The van der Waals surface area contributed by atoms with Crippen LogP contribution in [0.15, 0.2) is 24.3 Å². The monoisotopic (exact) mass is 413 g/mol. The summed E-state index contributed by atoms with van der Waals surface area (Å²) in [6.07, 6.45) is 10.0. The molecule has 0 atom stereocenters. The fourth-order valence-corrected chi connectivity index (χ4v) is 5.63. The van der Waals surface area contributed by atoms with Gasteiger partial charge in [0.05, 0.1) is 6.61 Å². The molecule has 0 bridgehead atoms. The van der Waals surface area contributed by atoms with Crippen molar-refractivity contribution in [3.8, 4) is 0 Å². The number of benzene rings is 1. The normalized spacial score (nSPS) is 22.8. The quantitative estimate of drug-likeness (QED) is 0.610. The second kappa shape index (κ2) is 10.0. The summed E-state index contributed by atoms with van der Waals surface area (Å²) in [6, 6.07) is 10.8. The number of nitrogens with zero attached hydrogens (tertiary/aromatic N) is 3. The van der Waals surface area contributed by atoms with Crippen LogP contribution in [0.5, 0.6) is 0 Å². The summed E-state index contributed by atoms with van der Waals surface area (Å²) < 4.78 is 5.28. The van der Waals surface area contributed by atoms with Crippen LogP contribution in [0.2, 0.25) is 0 Å². The zero-order valence-electron chi connectivity index (χ0n) is 19.6. The van der Waals surface area contributed by atoms with Crippen molar-refractivity contribution in [2.75, 3.05) is 51.3 Å². The predicted octanol–water partition coefficient (Wildman–Crippen LogP) is 4.78. The van der Waals surface area contributed by atoms with Crippen LogP contribution >= 0.6 is 0 Å². The maximum atomic E-state index is 5.28. The van der Waals surface area contributed by atoms with E-state index >= 15 is 0 Å². The first-order chi connectivity index (χ1) is 14.6. The Balaban J connectivity index is 1.26. The minimum absolute atomic E-state index is 0.536. The molecule has 1 saturated carbocycles. The Labute approximate surface area is 184 Å². The zero-order valence-corrected chi connectivity index (χ0v) is 19.6. The van der Waals surface area contributed by atoms with Gasteiger partial charge in [-0.1, -0.05) is 18.6 Å². The smallest absolute Gasteiger partial charge is 0.0589 e. The molecule has 4 rings (SSSR count). The molecule has 0 amide bonds. The fraction of sp³-hybridized carbons (Fsp3) is 0.769. The average Bonchev–Trinajstić information content (AvgIpc) is 2.72. The van der Waals surface area contributed by atoms with Gasteiger partial charge in [-0.15, -0.1) is 0 Å². The van der Waals surface area contributed by atoms with Crippen molar-refractivity contribution in [1.82, 2.24) is 9.80 Å². The van der Waals surface area contributed by atoms with Gasteiger partial charge in [0, 0.05) is 51.1 Å². The van der Waals surface area contributed by atoms with Gasteiger partial charge in [0.2, 0.25) is 0 Å². The van der Waals surface area contributed by atoms with Crippen LogP contribution < -0.4 is 4.90 Å². The van der Waals surface area contributed by atoms with Gasteiger partial charge in [0.15, 0.2) is 0 Å². The van der Waals surface area contributed by atoms with Crippen molar-refractivity contribution in [1.29, 1.82) is 0 Å². The van der Waals surface area contributed by atoms with Crippen LogP contribution in [-0.4, -0.2) is 68.3 Å². The molecule has 0 aromatic heterocycles. The molecule has 1 spiro atoms. The summed E-state index contributed by atoms with van der Waals surface area (Å²) >= 11 is 0. The van der Waals surface area contributed by atoms with E-state index in [1.165, 1.54) is 82.4 Å². The summed E-state index contributed by atoms with van der Waals surface area (Å²) in [4.78, 5) is 7.91. The Morgan fingerprint density at radius 3 is 2.17 bits per heavy atom. The number of methoxy groups -OCH3 is 1. The summed E-state index contributed by atoms with van der Waals surface area (Å²) in [5.74, 6) is 0. The van der Waals surface area contributed by atoms with E-state index in [9.17, 15) is 0 Å². The molecule has 3 aliphatic rings. The number of likely N-dealkylation sites (tertiary alicyclic amines) is 1. The summed E-state index contributed by atoms with van der Waals surface area (Å²) in [5, 5.41) is 0. The lowest BCUT2D eigenvalue weighted by molar-refractivity contribution is 0.0306. The van der Waals surface area contributed by atoms with E-state index in [1.807, 2.05) is 0 Å². The molecule has 4 nitrogen and oxygen atoms in total. The second-order valence-corrected chi connectivity index (χ2v) is 10.3. The van der Waals surface area contributed by atoms with Crippen molar-refractivity contribution in [3.05, 3.63) is 29.8 Å². The van der Waals surface area contributed by atoms with Crippen molar-refractivity contribution < 1.29 is 4.74 Å². The number of anilines is 1. The first-order valence-corrected chi connectivity index (χ1v) is 12.4. The first-order valence-electron chi connectivity index (χ1n) is 12.4. The highest BCUT2D eigenvalue weighted by Gasteiger charge is 2.39. The Morgan fingerprint density at radius 2 is 1.63 bits per heavy atom. The van der Waals surface area contributed by atoms with Crippen molar-refractivity contribution >= 4 is 5.69 Å². The van der Waals surface area contributed by atoms with E-state index in [4.69, 9.17) is 4.74 Å². The van der Waals surface area contributed by atoms with E-state index in [1.54, 1.807) is 7.11 Å². The average molecular weight is 414 g/mol. The Bertz CT molecular complexity index is 637. The van der Waals surface area contributed by atoms with E-state index in [0.29, 0.717) is 11.5 Å². The van der Waals surface area contributed by atoms with Gasteiger partial charge in [0.1, 0.15) is 0 Å². The maximum Gasteiger partial charge on any atom is 0.0589 e. The number of piperidine rings is 2. The van der Waals surface area contributed by atoms with E-state index in [2.05, 4.69) is 52.8 Å². The molecule has 2 aliphatic heterocycles. The molecule has 0 radical (unpaired) electrons. The largest absolute Gasteiger partial charge is 0.383 e. The molecule has 0 unspecified atom stereocenters. The zero-order chi connectivity index (χ0) is 21.0. The van der Waals surface area contributed by atoms with Crippen molar-refractivity contribution in [2.45, 2.75) is 77.4 Å². The van der Waals surface area contributed by atoms with Crippen LogP contribution in [0.1, 0.15) is 64.4 Å². The second-order valence-electron chi connectivity index (χ2n) is 10.3. The SMILES string of the molecule is COCCN(Cc1ccc(N2CCC3(CC2)CCN(C2CCC2)CC3)cc1)C(C)C. The lowest BCUT2D eigenvalue weighted by atomic mass is 9.70. The molecule has 4 heteroatoms. The minimum atomic E-state index is 0.536. The van der Waals surface area contributed by atoms with Gasteiger partial charge in [-0.2, -0.15) is 0 Å². The van der Waals surface area contributed by atoms with Gasteiger partial charge in [-0.05, 0) is 88.6 Å². The topological polar surface area (TPSA) is 19.0 Å².